The molecule has 0 bridgehead atoms. The topological polar surface area (TPSA) is 104 Å². The monoisotopic (exact) mass is 441 g/mol. The van der Waals surface area contributed by atoms with Gasteiger partial charge in [0.1, 0.15) is 17.6 Å². The number of nitriles is 1. The van der Waals surface area contributed by atoms with Crippen LogP contribution < -0.4 is 4.90 Å². The smallest absolute Gasteiger partial charge is 0.254 e. The van der Waals surface area contributed by atoms with Gasteiger partial charge in [0.05, 0.1) is 29.0 Å². The number of rotatable bonds is 4. The molecule has 1 aliphatic heterocycles. The van der Waals surface area contributed by atoms with Crippen molar-refractivity contribution >= 4 is 22.8 Å². The molecule has 5 rings (SSSR count). The molecule has 9 heteroatoms. The fraction of sp³-hybridized carbons (Fsp3) is 0.292. The largest absolute Gasteiger partial charge is 0.463 e. The molecule has 1 saturated heterocycles. The second-order valence-corrected chi connectivity index (χ2v) is 8.22. The van der Waals surface area contributed by atoms with Crippen LogP contribution in [0.4, 0.5) is 5.82 Å². The molecule has 0 radical (unpaired) electrons. The molecule has 1 aliphatic rings. The molecule has 0 aliphatic carbocycles. The number of amides is 1. The minimum atomic E-state index is -0.0697. The number of hydrogen-bond acceptors (Lipinski definition) is 7. The standard InChI is InChI=1S/C24H23N7O2/c1-16(2)31-23-19(15-27-31)18(13-20(28-23)21-6-4-12-33-21)24(32)30-10-8-29(9-11-30)22-17(14-25)5-3-7-26-22/h3-7,12-13,15-16H,8-11H2,1-2H3. The van der Waals surface area contributed by atoms with E-state index in [0.717, 1.165) is 5.39 Å². The Hall–Kier alpha value is -4.19. The molecule has 0 aromatic carbocycles. The summed E-state index contributed by atoms with van der Waals surface area (Å²) in [5.41, 5.74) is 2.36. The lowest BCUT2D eigenvalue weighted by atomic mass is 10.1. The molecule has 1 fully saturated rings. The van der Waals surface area contributed by atoms with E-state index in [1.165, 1.54) is 0 Å². The number of carbonyl (C=O) groups excluding carboxylic acids is 1. The highest BCUT2D eigenvalue weighted by Crippen LogP contribution is 2.28. The van der Waals surface area contributed by atoms with Gasteiger partial charge in [-0.25, -0.2) is 14.6 Å². The van der Waals surface area contributed by atoms with Gasteiger partial charge < -0.3 is 14.2 Å². The summed E-state index contributed by atoms with van der Waals surface area (Å²) in [5, 5.41) is 14.6. The lowest BCUT2D eigenvalue weighted by Gasteiger charge is -2.35. The zero-order chi connectivity index (χ0) is 22.9. The van der Waals surface area contributed by atoms with E-state index in [0.29, 0.717) is 60.2 Å². The maximum absolute atomic E-state index is 13.6. The number of furan rings is 1. The summed E-state index contributed by atoms with van der Waals surface area (Å²) in [4.78, 5) is 26.6. The van der Waals surface area contributed by atoms with E-state index in [1.807, 2.05) is 29.5 Å². The predicted octanol–water partition coefficient (Wildman–Crippen LogP) is 3.50. The van der Waals surface area contributed by atoms with Crippen LogP contribution in [-0.4, -0.2) is 56.7 Å². The van der Waals surface area contributed by atoms with E-state index in [9.17, 15) is 10.1 Å². The first-order valence-corrected chi connectivity index (χ1v) is 10.9. The minimum absolute atomic E-state index is 0.0697. The van der Waals surface area contributed by atoms with Gasteiger partial charge in [-0.2, -0.15) is 10.4 Å². The summed E-state index contributed by atoms with van der Waals surface area (Å²) < 4.78 is 7.37. The van der Waals surface area contributed by atoms with Crippen molar-refractivity contribution < 1.29 is 9.21 Å². The molecular weight excluding hydrogens is 418 g/mol. The van der Waals surface area contributed by atoms with Gasteiger partial charge >= 0.3 is 0 Å². The normalized spacial score (nSPS) is 14.1. The number of carbonyl (C=O) groups is 1. The first kappa shape index (κ1) is 20.7. The summed E-state index contributed by atoms with van der Waals surface area (Å²) >= 11 is 0. The molecule has 0 saturated carbocycles. The first-order valence-electron chi connectivity index (χ1n) is 10.9. The third-order valence-electron chi connectivity index (χ3n) is 5.83. The Morgan fingerprint density at radius 1 is 1.18 bits per heavy atom. The van der Waals surface area contributed by atoms with Crippen LogP contribution >= 0.6 is 0 Å². The van der Waals surface area contributed by atoms with Crippen molar-refractivity contribution in [3.05, 3.63) is 60.1 Å². The van der Waals surface area contributed by atoms with Gasteiger partial charge in [0.25, 0.3) is 5.91 Å². The van der Waals surface area contributed by atoms with E-state index in [1.54, 1.807) is 42.9 Å². The Morgan fingerprint density at radius 3 is 2.70 bits per heavy atom. The molecule has 0 spiro atoms. The number of piperazine rings is 1. The molecule has 1 amide bonds. The second kappa shape index (κ2) is 8.39. The van der Waals surface area contributed by atoms with E-state index in [-0.39, 0.29) is 11.9 Å². The summed E-state index contributed by atoms with van der Waals surface area (Å²) in [6.07, 6.45) is 4.99. The van der Waals surface area contributed by atoms with Gasteiger partial charge in [-0.3, -0.25) is 4.79 Å². The number of anilines is 1. The third kappa shape index (κ3) is 3.69. The number of hydrogen-bond donors (Lipinski definition) is 0. The van der Waals surface area contributed by atoms with Crippen LogP contribution in [0.15, 0.2) is 53.4 Å². The molecule has 33 heavy (non-hydrogen) atoms. The van der Waals surface area contributed by atoms with Gasteiger partial charge in [-0.15, -0.1) is 0 Å². The Bertz CT molecular complexity index is 1340. The van der Waals surface area contributed by atoms with Gasteiger partial charge in [0.2, 0.25) is 0 Å². The van der Waals surface area contributed by atoms with Gasteiger partial charge in [0.15, 0.2) is 11.4 Å². The Labute approximate surface area is 190 Å². The summed E-state index contributed by atoms with van der Waals surface area (Å²) in [7, 11) is 0. The van der Waals surface area contributed by atoms with Crippen LogP contribution in [0.3, 0.4) is 0 Å². The summed E-state index contributed by atoms with van der Waals surface area (Å²) in [5.74, 6) is 1.20. The molecule has 9 nitrogen and oxygen atoms in total. The average molecular weight is 441 g/mol. The number of aromatic nitrogens is 4. The van der Waals surface area contributed by atoms with Crippen LogP contribution in [0.1, 0.15) is 35.8 Å². The summed E-state index contributed by atoms with van der Waals surface area (Å²) in [6, 6.07) is 11.2. The molecule has 4 aromatic heterocycles. The van der Waals surface area contributed by atoms with Crippen molar-refractivity contribution in [2.75, 3.05) is 31.1 Å². The number of nitrogens with zero attached hydrogens (tertiary/aromatic N) is 7. The third-order valence-corrected chi connectivity index (χ3v) is 5.83. The van der Waals surface area contributed by atoms with Crippen molar-refractivity contribution in [2.24, 2.45) is 0 Å². The maximum atomic E-state index is 13.6. The fourth-order valence-electron chi connectivity index (χ4n) is 4.15. The molecule has 0 unspecified atom stereocenters. The van der Waals surface area contributed by atoms with E-state index in [4.69, 9.17) is 9.40 Å². The SMILES string of the molecule is CC(C)n1ncc2c(C(=O)N3CCN(c4ncccc4C#N)CC3)cc(-c3ccco3)nc21. The number of pyridine rings is 2. The highest BCUT2D eigenvalue weighted by molar-refractivity contribution is 6.06. The summed E-state index contributed by atoms with van der Waals surface area (Å²) in [6.45, 7) is 6.31. The van der Waals surface area contributed by atoms with E-state index in [2.05, 4.69) is 21.1 Å². The Kier molecular flexibility index (Phi) is 5.26. The van der Waals surface area contributed by atoms with Crippen molar-refractivity contribution in [2.45, 2.75) is 19.9 Å². The van der Waals surface area contributed by atoms with Gasteiger partial charge in [-0.05, 0) is 44.2 Å². The highest BCUT2D eigenvalue weighted by Gasteiger charge is 2.27. The van der Waals surface area contributed by atoms with E-state index < -0.39 is 0 Å². The molecule has 0 N–H and O–H groups in total. The van der Waals surface area contributed by atoms with Crippen molar-refractivity contribution in [1.29, 1.82) is 5.26 Å². The van der Waals surface area contributed by atoms with Crippen LogP contribution in [-0.2, 0) is 0 Å². The second-order valence-electron chi connectivity index (χ2n) is 8.22. The predicted molar refractivity (Wildman–Crippen MR) is 123 cm³/mol. The lowest BCUT2D eigenvalue weighted by Crippen LogP contribution is -2.49. The van der Waals surface area contributed by atoms with Crippen LogP contribution in [0.2, 0.25) is 0 Å². The minimum Gasteiger partial charge on any atom is -0.463 e. The quantitative estimate of drug-likeness (QED) is 0.477. The Morgan fingerprint density at radius 2 is 2.00 bits per heavy atom. The zero-order valence-electron chi connectivity index (χ0n) is 18.5. The van der Waals surface area contributed by atoms with Crippen LogP contribution in [0.25, 0.3) is 22.5 Å². The molecule has 5 heterocycles. The van der Waals surface area contributed by atoms with Crippen LogP contribution in [0.5, 0.6) is 0 Å². The fourth-order valence-corrected chi connectivity index (χ4v) is 4.15. The van der Waals surface area contributed by atoms with Crippen molar-refractivity contribution in [1.82, 2.24) is 24.6 Å². The van der Waals surface area contributed by atoms with Crippen LogP contribution in [0, 0.1) is 11.3 Å². The molecular formula is C24H23N7O2. The van der Waals surface area contributed by atoms with E-state index >= 15 is 0 Å². The molecule has 166 valence electrons. The first-order chi connectivity index (χ1) is 16.1. The van der Waals surface area contributed by atoms with Crippen molar-refractivity contribution in [3.8, 4) is 17.5 Å². The molecule has 4 aromatic rings. The number of fused-ring (bicyclic) bond motifs is 1. The average Bonchev–Trinajstić information content (AvgIpc) is 3.53. The maximum Gasteiger partial charge on any atom is 0.254 e. The van der Waals surface area contributed by atoms with Crippen molar-refractivity contribution in [3.63, 3.8) is 0 Å². The zero-order valence-corrected chi connectivity index (χ0v) is 18.5. The Balaban J connectivity index is 1.46. The van der Waals surface area contributed by atoms with Gasteiger partial charge in [0, 0.05) is 38.4 Å². The molecule has 0 atom stereocenters. The lowest BCUT2D eigenvalue weighted by molar-refractivity contribution is 0.0748. The highest BCUT2D eigenvalue weighted by atomic mass is 16.3. The van der Waals surface area contributed by atoms with Gasteiger partial charge in [-0.1, -0.05) is 0 Å².